The Labute approximate surface area is 168 Å². The molecule has 0 aromatic heterocycles. The number of imide groups is 1. The lowest BCUT2D eigenvalue weighted by atomic mass is 10.1. The average molecular weight is 403 g/mol. The van der Waals surface area contributed by atoms with E-state index < -0.39 is 24.1 Å². The van der Waals surface area contributed by atoms with E-state index in [0.717, 1.165) is 11.4 Å². The molecule has 29 heavy (non-hydrogen) atoms. The molecular formula is C19H25N5O5. The van der Waals surface area contributed by atoms with Crippen LogP contribution in [0.5, 0.6) is 5.75 Å². The number of carbonyl (C=O) groups excluding carboxylic acids is 3. The molecule has 1 N–H and O–H groups in total. The monoisotopic (exact) mass is 403 g/mol. The third-order valence-corrected chi connectivity index (χ3v) is 5.61. The molecule has 0 spiro atoms. The minimum Gasteiger partial charge on any atom is -0.497 e. The lowest BCUT2D eigenvalue weighted by Gasteiger charge is -2.35. The molecule has 3 fully saturated rings. The van der Waals surface area contributed by atoms with Crippen molar-refractivity contribution in [2.75, 3.05) is 51.3 Å². The number of ether oxygens (including phenoxy) is 1. The number of carbonyl (C=O) groups is 3. The highest BCUT2D eigenvalue weighted by Crippen LogP contribution is 2.24. The van der Waals surface area contributed by atoms with Crippen molar-refractivity contribution in [1.29, 1.82) is 0 Å². The third-order valence-electron chi connectivity index (χ3n) is 5.61. The quantitative estimate of drug-likeness (QED) is 0.734. The Hall–Kier alpha value is -3.01. The number of anilines is 1. The molecule has 2 atom stereocenters. The van der Waals surface area contributed by atoms with Crippen molar-refractivity contribution < 1.29 is 24.0 Å². The van der Waals surface area contributed by atoms with Crippen LogP contribution in [0.1, 0.15) is 6.92 Å². The molecule has 0 radical (unpaired) electrons. The van der Waals surface area contributed by atoms with Crippen molar-refractivity contribution in [2.45, 2.75) is 19.0 Å². The van der Waals surface area contributed by atoms with Crippen LogP contribution in [0.4, 0.5) is 15.3 Å². The first-order valence-electron chi connectivity index (χ1n) is 9.72. The fourth-order valence-corrected chi connectivity index (χ4v) is 3.96. The average Bonchev–Trinajstić information content (AvgIpc) is 2.99. The van der Waals surface area contributed by atoms with Gasteiger partial charge in [-0.25, -0.2) is 9.59 Å². The van der Waals surface area contributed by atoms with E-state index in [4.69, 9.17) is 9.57 Å². The molecule has 3 aliphatic heterocycles. The number of fused-ring (bicyclic) bond motifs is 1. The summed E-state index contributed by atoms with van der Waals surface area (Å²) in [6, 6.07) is 6.41. The molecule has 4 rings (SSSR count). The fourth-order valence-electron chi connectivity index (χ4n) is 3.96. The van der Waals surface area contributed by atoms with Crippen LogP contribution in [0.2, 0.25) is 0 Å². The van der Waals surface area contributed by atoms with Crippen LogP contribution < -0.4 is 15.0 Å². The molecular weight excluding hydrogens is 378 g/mol. The number of rotatable bonds is 3. The summed E-state index contributed by atoms with van der Waals surface area (Å²) in [4.78, 5) is 48.0. The molecule has 10 nitrogen and oxygen atoms in total. The molecule has 3 aliphatic rings. The van der Waals surface area contributed by atoms with E-state index in [2.05, 4.69) is 10.2 Å². The van der Waals surface area contributed by atoms with E-state index in [1.165, 1.54) is 9.80 Å². The standard InChI is InChI=1S/C19H25N5O5/c1-13-11-20-12-16-17(25)24(18(26)23(13)16)29-19(27)22-9-7-21(8-10-22)14-3-5-15(28-2)6-4-14/h3-6,13,16,20H,7-12H2,1-2H3. The van der Waals surface area contributed by atoms with Gasteiger partial charge in [0.15, 0.2) is 0 Å². The number of nitrogens with one attached hydrogen (secondary N) is 1. The number of methoxy groups -OCH3 is 1. The summed E-state index contributed by atoms with van der Waals surface area (Å²) in [5.74, 6) is 0.288. The Morgan fingerprint density at radius 3 is 2.38 bits per heavy atom. The third kappa shape index (κ3) is 3.55. The molecule has 4 amide bonds. The molecule has 0 aliphatic carbocycles. The summed E-state index contributed by atoms with van der Waals surface area (Å²) in [6.45, 7) is 4.94. The van der Waals surface area contributed by atoms with Gasteiger partial charge in [0, 0.05) is 51.0 Å². The summed E-state index contributed by atoms with van der Waals surface area (Å²) in [6.07, 6.45) is -0.679. The van der Waals surface area contributed by atoms with E-state index in [0.29, 0.717) is 44.3 Å². The smallest absolute Gasteiger partial charge is 0.434 e. The van der Waals surface area contributed by atoms with Gasteiger partial charge >= 0.3 is 12.1 Å². The zero-order chi connectivity index (χ0) is 20.5. The highest BCUT2D eigenvalue weighted by atomic mass is 16.7. The Morgan fingerprint density at radius 1 is 1.07 bits per heavy atom. The molecule has 1 aromatic rings. The van der Waals surface area contributed by atoms with Crippen molar-refractivity contribution >= 4 is 23.7 Å². The van der Waals surface area contributed by atoms with Gasteiger partial charge in [0.1, 0.15) is 11.8 Å². The summed E-state index contributed by atoms with van der Waals surface area (Å²) in [5, 5.41) is 3.73. The van der Waals surface area contributed by atoms with Gasteiger partial charge in [-0.15, -0.1) is 0 Å². The summed E-state index contributed by atoms with van der Waals surface area (Å²) in [5.41, 5.74) is 1.04. The largest absolute Gasteiger partial charge is 0.497 e. The zero-order valence-electron chi connectivity index (χ0n) is 16.5. The lowest BCUT2D eigenvalue weighted by molar-refractivity contribution is -0.151. The minimum absolute atomic E-state index is 0.137. The van der Waals surface area contributed by atoms with Crippen molar-refractivity contribution in [2.24, 2.45) is 0 Å². The van der Waals surface area contributed by atoms with Crippen molar-refractivity contribution in [3.8, 4) is 5.75 Å². The second-order valence-corrected chi connectivity index (χ2v) is 7.37. The van der Waals surface area contributed by atoms with Gasteiger partial charge in [-0.05, 0) is 31.2 Å². The summed E-state index contributed by atoms with van der Waals surface area (Å²) in [7, 11) is 1.62. The van der Waals surface area contributed by atoms with E-state index in [1.54, 1.807) is 7.11 Å². The van der Waals surface area contributed by atoms with Crippen molar-refractivity contribution in [1.82, 2.24) is 20.2 Å². The van der Waals surface area contributed by atoms with Gasteiger partial charge in [0.2, 0.25) is 0 Å². The van der Waals surface area contributed by atoms with Gasteiger partial charge in [0.05, 0.1) is 7.11 Å². The number of benzene rings is 1. The normalized spacial score (nSPS) is 24.6. The lowest BCUT2D eigenvalue weighted by Crippen LogP contribution is -2.56. The Kier molecular flexibility index (Phi) is 5.18. The highest BCUT2D eigenvalue weighted by molar-refractivity contribution is 6.04. The minimum atomic E-state index is -0.679. The predicted octanol–water partition coefficient (Wildman–Crippen LogP) is 0.493. The molecule has 3 saturated heterocycles. The summed E-state index contributed by atoms with van der Waals surface area (Å²) < 4.78 is 5.17. The predicted molar refractivity (Wildman–Crippen MR) is 103 cm³/mol. The zero-order valence-corrected chi connectivity index (χ0v) is 16.5. The number of hydrogen-bond acceptors (Lipinski definition) is 7. The number of nitrogens with zero attached hydrogens (tertiary/aromatic N) is 4. The molecule has 2 unspecified atom stereocenters. The van der Waals surface area contributed by atoms with Crippen LogP contribution in [0.25, 0.3) is 0 Å². The number of piperazine rings is 2. The van der Waals surface area contributed by atoms with Crippen LogP contribution in [0.3, 0.4) is 0 Å². The van der Waals surface area contributed by atoms with E-state index in [-0.39, 0.29) is 6.04 Å². The second-order valence-electron chi connectivity index (χ2n) is 7.37. The van der Waals surface area contributed by atoms with Crippen LogP contribution >= 0.6 is 0 Å². The SMILES string of the molecule is COc1ccc(N2CCN(C(=O)ON3C(=O)C4CNCC(C)N4C3=O)CC2)cc1. The highest BCUT2D eigenvalue weighted by Gasteiger charge is 2.51. The Morgan fingerprint density at radius 2 is 1.76 bits per heavy atom. The first kappa shape index (κ1) is 19.3. The van der Waals surface area contributed by atoms with Gasteiger partial charge in [-0.2, -0.15) is 0 Å². The second kappa shape index (κ2) is 7.78. The number of hydroxylamine groups is 2. The van der Waals surface area contributed by atoms with Crippen LogP contribution in [0, 0.1) is 0 Å². The van der Waals surface area contributed by atoms with Crippen LogP contribution in [-0.2, 0) is 9.63 Å². The van der Waals surface area contributed by atoms with E-state index in [1.807, 2.05) is 31.2 Å². The number of amides is 4. The van der Waals surface area contributed by atoms with E-state index in [9.17, 15) is 14.4 Å². The number of hydrogen-bond donors (Lipinski definition) is 1. The van der Waals surface area contributed by atoms with Crippen LogP contribution in [-0.4, -0.2) is 91.4 Å². The van der Waals surface area contributed by atoms with Gasteiger partial charge < -0.3 is 29.6 Å². The molecule has 10 heteroatoms. The first-order chi connectivity index (χ1) is 14.0. The topological polar surface area (TPSA) is 94.7 Å². The van der Waals surface area contributed by atoms with Gasteiger partial charge in [-0.3, -0.25) is 4.79 Å². The van der Waals surface area contributed by atoms with Gasteiger partial charge in [0.25, 0.3) is 5.91 Å². The van der Waals surface area contributed by atoms with E-state index >= 15 is 0 Å². The van der Waals surface area contributed by atoms with Crippen molar-refractivity contribution in [3.63, 3.8) is 0 Å². The molecule has 3 heterocycles. The fraction of sp³-hybridized carbons (Fsp3) is 0.526. The maximum absolute atomic E-state index is 12.6. The number of urea groups is 1. The van der Waals surface area contributed by atoms with Crippen LogP contribution in [0.15, 0.2) is 24.3 Å². The molecule has 0 saturated carbocycles. The Balaban J connectivity index is 1.34. The van der Waals surface area contributed by atoms with Crippen molar-refractivity contribution in [3.05, 3.63) is 24.3 Å². The summed E-state index contributed by atoms with van der Waals surface area (Å²) >= 11 is 0. The molecule has 156 valence electrons. The molecule has 1 aromatic carbocycles. The Bertz CT molecular complexity index is 793. The maximum Gasteiger partial charge on any atom is 0.434 e. The maximum atomic E-state index is 12.6. The van der Waals surface area contributed by atoms with Gasteiger partial charge in [-0.1, -0.05) is 5.06 Å². The molecule has 0 bridgehead atoms. The first-order valence-corrected chi connectivity index (χ1v) is 9.72.